The summed E-state index contributed by atoms with van der Waals surface area (Å²) in [4.78, 5) is 24.0. The number of carbonyl (C=O) groups excluding carboxylic acids is 1. The lowest BCUT2D eigenvalue weighted by atomic mass is 9.78. The van der Waals surface area contributed by atoms with Gasteiger partial charge in [0.05, 0.1) is 11.6 Å². The number of hydrogen-bond donors (Lipinski definition) is 1. The van der Waals surface area contributed by atoms with E-state index in [1.165, 1.54) is 24.0 Å². The minimum absolute atomic E-state index is 0.00801. The van der Waals surface area contributed by atoms with Crippen LogP contribution < -0.4 is 5.32 Å². The normalized spacial score (nSPS) is 19.9. The molecule has 2 aliphatic rings. The van der Waals surface area contributed by atoms with Gasteiger partial charge in [-0.1, -0.05) is 24.3 Å². The molecule has 5 rings (SSSR count). The highest BCUT2D eigenvalue weighted by molar-refractivity contribution is 6.20. The molecule has 0 spiro atoms. The maximum atomic E-state index is 14.3. The van der Waals surface area contributed by atoms with Gasteiger partial charge in [0.15, 0.2) is 5.78 Å². The number of aliphatic imine (C=N–C) groups is 1. The summed E-state index contributed by atoms with van der Waals surface area (Å²) in [7, 11) is 5.95. The average Bonchev–Trinajstić information content (AvgIpc) is 3.10. The molecule has 1 aromatic heterocycles. The van der Waals surface area contributed by atoms with Gasteiger partial charge in [-0.25, -0.2) is 9.37 Å². The van der Waals surface area contributed by atoms with Crippen LogP contribution in [0.15, 0.2) is 47.7 Å². The van der Waals surface area contributed by atoms with Gasteiger partial charge >= 0.3 is 0 Å². The molecule has 8 heteroatoms. The third-order valence-corrected chi connectivity index (χ3v) is 6.19. The van der Waals surface area contributed by atoms with Gasteiger partial charge in [0, 0.05) is 42.9 Å². The highest BCUT2D eigenvalue weighted by Gasteiger charge is 2.40. The second-order valence-corrected chi connectivity index (χ2v) is 8.69. The maximum Gasteiger partial charge on any atom is 0.185 e. The van der Waals surface area contributed by atoms with Gasteiger partial charge in [0.1, 0.15) is 24.5 Å². The zero-order chi connectivity index (χ0) is 22.4. The molecule has 2 atom stereocenters. The zero-order valence-electron chi connectivity index (χ0n) is 18.3. The number of nitrogens with zero attached hydrogens (tertiary/aromatic N) is 5. The van der Waals surface area contributed by atoms with Crippen LogP contribution in [0.3, 0.4) is 0 Å². The first kappa shape index (κ1) is 20.5. The van der Waals surface area contributed by atoms with Crippen molar-refractivity contribution in [1.29, 1.82) is 0 Å². The molecule has 0 aliphatic carbocycles. The second kappa shape index (κ2) is 7.94. The lowest BCUT2D eigenvalue weighted by molar-refractivity contribution is 0.0999. The van der Waals surface area contributed by atoms with Gasteiger partial charge in [-0.3, -0.25) is 14.5 Å². The molecule has 0 radical (unpaired) electrons. The van der Waals surface area contributed by atoms with Crippen molar-refractivity contribution in [3.05, 3.63) is 76.6 Å². The van der Waals surface area contributed by atoms with E-state index in [1.54, 1.807) is 4.68 Å². The van der Waals surface area contributed by atoms with Crippen molar-refractivity contribution in [2.45, 2.75) is 18.4 Å². The first-order valence-corrected chi connectivity index (χ1v) is 10.6. The fourth-order valence-electron chi connectivity index (χ4n) is 4.78. The molecule has 1 N–H and O–H groups in total. The number of ketones is 1. The fourth-order valence-corrected chi connectivity index (χ4v) is 4.78. The number of hydrogen-bond acceptors (Lipinski definition) is 6. The van der Waals surface area contributed by atoms with Crippen molar-refractivity contribution >= 4 is 17.2 Å². The molecule has 0 saturated heterocycles. The summed E-state index contributed by atoms with van der Waals surface area (Å²) in [6.45, 7) is 1.42. The first-order valence-electron chi connectivity index (χ1n) is 10.6. The topological polar surface area (TPSA) is 75.4 Å². The molecule has 3 aromatic rings. The molecule has 2 aliphatic heterocycles. The summed E-state index contributed by atoms with van der Waals surface area (Å²) >= 11 is 0. The standard InChI is InChI=1S/C24H25FN6O/c1-30(2)12-14-4-6-15(7-5-14)18-10-26-19-9-16(25)8-17-20(32)11-27-23(21(17)19)22(18)24-28-13-29-31(24)3/h4-9,13,18,22,26H,10-12H2,1-3H3. The SMILES string of the molecule is CN(C)Cc1ccc(C2CNc3cc(F)cc4c3C(=NCC4=O)C2c2ncnn2C)cc1. The summed E-state index contributed by atoms with van der Waals surface area (Å²) in [5.74, 6) is -0.0859. The predicted molar refractivity (Wildman–Crippen MR) is 121 cm³/mol. The number of anilines is 1. The van der Waals surface area contributed by atoms with Crippen LogP contribution in [0.5, 0.6) is 0 Å². The van der Waals surface area contributed by atoms with E-state index >= 15 is 0 Å². The van der Waals surface area contributed by atoms with Crippen molar-refractivity contribution in [3.63, 3.8) is 0 Å². The van der Waals surface area contributed by atoms with E-state index in [0.29, 0.717) is 23.4 Å². The summed E-state index contributed by atoms with van der Waals surface area (Å²) in [5, 5.41) is 7.68. The Balaban J connectivity index is 1.66. The zero-order valence-corrected chi connectivity index (χ0v) is 18.3. The van der Waals surface area contributed by atoms with Crippen molar-refractivity contribution in [3.8, 4) is 0 Å². The smallest absolute Gasteiger partial charge is 0.185 e. The summed E-state index contributed by atoms with van der Waals surface area (Å²) in [6, 6.07) is 11.3. The van der Waals surface area contributed by atoms with Crippen LogP contribution in [-0.4, -0.2) is 58.3 Å². The Hall–Kier alpha value is -3.39. The van der Waals surface area contributed by atoms with E-state index in [0.717, 1.165) is 23.6 Å². The lowest BCUT2D eigenvalue weighted by Crippen LogP contribution is -2.29. The van der Waals surface area contributed by atoms with Gasteiger partial charge in [0.2, 0.25) is 0 Å². The van der Waals surface area contributed by atoms with Crippen LogP contribution in [0, 0.1) is 5.82 Å². The number of Topliss-reactive ketones (excluding diaryl/α,β-unsaturated/α-hetero) is 1. The Bertz CT molecular complexity index is 1210. The van der Waals surface area contributed by atoms with Gasteiger partial charge in [-0.05, 0) is 37.4 Å². The second-order valence-electron chi connectivity index (χ2n) is 8.69. The highest BCUT2D eigenvalue weighted by Crippen LogP contribution is 2.42. The monoisotopic (exact) mass is 432 g/mol. The van der Waals surface area contributed by atoms with Gasteiger partial charge < -0.3 is 10.2 Å². The van der Waals surface area contributed by atoms with Crippen molar-refractivity contribution in [2.24, 2.45) is 12.0 Å². The molecule has 0 fully saturated rings. The number of halogens is 1. The molecular formula is C24H25FN6O. The first-order chi connectivity index (χ1) is 15.4. The van der Waals surface area contributed by atoms with Crippen molar-refractivity contribution in [1.82, 2.24) is 19.7 Å². The number of aromatic nitrogens is 3. The molecular weight excluding hydrogens is 407 g/mol. The van der Waals surface area contributed by atoms with Crippen LogP contribution in [-0.2, 0) is 13.6 Å². The molecule has 3 heterocycles. The molecule has 0 bridgehead atoms. The Morgan fingerprint density at radius 3 is 2.69 bits per heavy atom. The Labute approximate surface area is 186 Å². The quantitative estimate of drug-likeness (QED) is 0.686. The van der Waals surface area contributed by atoms with Crippen LogP contribution in [0.4, 0.5) is 10.1 Å². The number of benzene rings is 2. The van der Waals surface area contributed by atoms with Crippen molar-refractivity contribution < 1.29 is 9.18 Å². The largest absolute Gasteiger partial charge is 0.384 e. The molecule has 0 saturated carbocycles. The highest BCUT2D eigenvalue weighted by atomic mass is 19.1. The van der Waals surface area contributed by atoms with Crippen molar-refractivity contribution in [2.75, 3.05) is 32.5 Å². The van der Waals surface area contributed by atoms with Crippen LogP contribution in [0.1, 0.15) is 44.7 Å². The van der Waals surface area contributed by atoms with Gasteiger partial charge in [0.25, 0.3) is 0 Å². The maximum absolute atomic E-state index is 14.3. The molecule has 0 amide bonds. The molecule has 32 heavy (non-hydrogen) atoms. The molecule has 2 unspecified atom stereocenters. The number of carbonyl (C=O) groups is 1. The predicted octanol–water partition coefficient (Wildman–Crippen LogP) is 2.99. The summed E-state index contributed by atoms with van der Waals surface area (Å²) in [6.07, 6.45) is 1.53. The molecule has 2 aromatic carbocycles. The average molecular weight is 433 g/mol. The molecule has 164 valence electrons. The Morgan fingerprint density at radius 1 is 1.22 bits per heavy atom. The summed E-state index contributed by atoms with van der Waals surface area (Å²) in [5.41, 5.74) is 4.78. The minimum Gasteiger partial charge on any atom is -0.384 e. The van der Waals surface area contributed by atoms with E-state index in [4.69, 9.17) is 4.99 Å². The van der Waals surface area contributed by atoms with Crippen LogP contribution in [0.25, 0.3) is 0 Å². The van der Waals surface area contributed by atoms with E-state index in [2.05, 4.69) is 44.6 Å². The van der Waals surface area contributed by atoms with Gasteiger partial charge in [-0.2, -0.15) is 5.10 Å². The van der Waals surface area contributed by atoms with E-state index in [-0.39, 0.29) is 24.2 Å². The van der Waals surface area contributed by atoms with Gasteiger partial charge in [-0.15, -0.1) is 0 Å². The van der Waals surface area contributed by atoms with E-state index in [9.17, 15) is 9.18 Å². The van der Waals surface area contributed by atoms with E-state index in [1.807, 2.05) is 21.1 Å². The fraction of sp³-hybridized carbons (Fsp3) is 0.333. The lowest BCUT2D eigenvalue weighted by Gasteiger charge is -2.28. The number of rotatable bonds is 4. The Kier molecular flexibility index (Phi) is 5.09. The summed E-state index contributed by atoms with van der Waals surface area (Å²) < 4.78 is 16.1. The molecule has 7 nitrogen and oxygen atoms in total. The van der Waals surface area contributed by atoms with Crippen LogP contribution >= 0.6 is 0 Å². The number of aryl methyl sites for hydroxylation is 1. The van der Waals surface area contributed by atoms with E-state index < -0.39 is 5.82 Å². The minimum atomic E-state index is -0.428. The van der Waals surface area contributed by atoms with Crippen LogP contribution in [0.2, 0.25) is 0 Å². The third-order valence-electron chi connectivity index (χ3n) is 6.19. The Morgan fingerprint density at radius 2 is 2.00 bits per heavy atom. The third kappa shape index (κ3) is 3.50. The number of nitrogens with one attached hydrogen (secondary N) is 1.